The number of hydrogen-bond acceptors (Lipinski definition) is 9. The van der Waals surface area contributed by atoms with Crippen LogP contribution in [0.25, 0.3) is 0 Å². The van der Waals surface area contributed by atoms with Crippen LogP contribution in [0.2, 0.25) is 0 Å². The fraction of sp³-hybridized carbons (Fsp3) is 0.569. The number of ether oxygens (including phenoxy) is 3. The molecule has 11 nitrogen and oxygen atoms in total. The number of hydrogen-bond donors (Lipinski definition) is 3. The Bertz CT molecular complexity index is 2170. The van der Waals surface area contributed by atoms with Crippen molar-refractivity contribution in [2.24, 2.45) is 22.9 Å². The largest absolute Gasteiger partial charge is 0.459 e. The van der Waals surface area contributed by atoms with Crippen molar-refractivity contribution in [1.82, 2.24) is 10.2 Å². The molecule has 0 saturated heterocycles. The summed E-state index contributed by atoms with van der Waals surface area (Å²) in [6.07, 6.45) is 18.4. The van der Waals surface area contributed by atoms with Gasteiger partial charge in [-0.3, -0.25) is 4.79 Å². The molecule has 0 aromatic heterocycles. The lowest BCUT2D eigenvalue weighted by atomic mass is 9.55. The first-order valence-corrected chi connectivity index (χ1v) is 26.2. The van der Waals surface area contributed by atoms with Crippen LogP contribution in [0.4, 0.5) is 9.18 Å². The van der Waals surface area contributed by atoms with Crippen LogP contribution in [0, 0.1) is 23.6 Å². The summed E-state index contributed by atoms with van der Waals surface area (Å²) in [4.78, 5) is 36.8. The summed E-state index contributed by atoms with van der Waals surface area (Å²) in [5.74, 6) is -1.87. The van der Waals surface area contributed by atoms with Crippen LogP contribution in [0.3, 0.4) is 0 Å². The van der Waals surface area contributed by atoms with Gasteiger partial charge >= 0.3 is 6.09 Å². The highest BCUT2D eigenvalue weighted by molar-refractivity contribution is 6.03. The van der Waals surface area contributed by atoms with Gasteiger partial charge in [-0.2, -0.15) is 0 Å². The summed E-state index contributed by atoms with van der Waals surface area (Å²) in [6, 6.07) is 20.7. The maximum absolute atomic E-state index is 15.2. The van der Waals surface area contributed by atoms with Crippen molar-refractivity contribution in [3.8, 4) is 11.5 Å². The van der Waals surface area contributed by atoms with Gasteiger partial charge in [-0.05, 0) is 112 Å². The van der Waals surface area contributed by atoms with E-state index >= 15 is 4.79 Å². The molecule has 2 aliphatic carbocycles. The first kappa shape index (κ1) is 54.3. The van der Waals surface area contributed by atoms with E-state index in [4.69, 9.17) is 24.2 Å². The number of nitrogens with zero attached hydrogens (tertiary/aromatic N) is 2. The predicted molar refractivity (Wildman–Crippen MR) is 274 cm³/mol. The van der Waals surface area contributed by atoms with E-state index in [0.717, 1.165) is 73.6 Å². The number of aliphatic hydroxyl groups is 2. The van der Waals surface area contributed by atoms with Gasteiger partial charge in [-0.15, -0.1) is 6.58 Å². The number of allylic oxidation sites excluding steroid dienone is 1. The zero-order valence-electron chi connectivity index (χ0n) is 42.3. The smallest absolute Gasteiger partial charge is 0.412 e. The average Bonchev–Trinajstić information content (AvgIpc) is 3.35. The summed E-state index contributed by atoms with van der Waals surface area (Å²) < 4.78 is 35.1. The number of carbonyl (C=O) groups is 2. The fourth-order valence-electron chi connectivity index (χ4n) is 10.7. The van der Waals surface area contributed by atoms with Crippen LogP contribution in [0.5, 0.6) is 11.5 Å². The number of unbranched alkanes of at least 4 members (excludes halogenated alkanes) is 10. The van der Waals surface area contributed by atoms with Gasteiger partial charge in [0.15, 0.2) is 0 Å². The topological polar surface area (TPSA) is 139 Å². The molecule has 1 aliphatic heterocycles. The molecule has 3 N–H and O–H groups in total. The van der Waals surface area contributed by atoms with Gasteiger partial charge in [0.25, 0.3) is 0 Å². The molecule has 0 radical (unpaired) electrons. The first-order valence-electron chi connectivity index (χ1n) is 26.2. The van der Waals surface area contributed by atoms with E-state index in [1.54, 1.807) is 24.3 Å². The Labute approximate surface area is 416 Å². The molecule has 2 amide bonds. The minimum atomic E-state index is -1.48. The molecule has 6 atom stereocenters. The maximum Gasteiger partial charge on any atom is 0.412 e. The van der Waals surface area contributed by atoms with Crippen molar-refractivity contribution < 1.29 is 43.2 Å². The highest BCUT2D eigenvalue weighted by Gasteiger charge is 2.65. The van der Waals surface area contributed by atoms with Crippen molar-refractivity contribution in [2.75, 3.05) is 19.8 Å². The third-order valence-corrected chi connectivity index (χ3v) is 14.0. The zero-order chi connectivity index (χ0) is 49.9. The van der Waals surface area contributed by atoms with Gasteiger partial charge in [0.05, 0.1) is 18.2 Å². The van der Waals surface area contributed by atoms with Crippen molar-refractivity contribution in [1.29, 1.82) is 0 Å². The quantitative estimate of drug-likeness (QED) is 0.0371. The van der Waals surface area contributed by atoms with Crippen LogP contribution >= 0.6 is 0 Å². The normalized spacial score (nSPS) is 22.0. The Morgan fingerprint density at radius 2 is 1.57 bits per heavy atom. The Morgan fingerprint density at radius 1 is 0.886 bits per heavy atom. The second-order valence-corrected chi connectivity index (χ2v) is 20.4. The van der Waals surface area contributed by atoms with Gasteiger partial charge in [0.2, 0.25) is 11.7 Å². The van der Waals surface area contributed by atoms with E-state index in [1.165, 1.54) is 44.2 Å². The van der Waals surface area contributed by atoms with E-state index in [9.17, 15) is 19.4 Å². The molecule has 3 aromatic rings. The Balaban J connectivity index is 1.49. The monoisotopic (exact) mass is 966 g/mol. The SMILES string of the molecule is C=CCOC12Oc3ccc(OC(=O)NCc4ccccc4)cc3C3C(CCCCO)C(CCCCO)C=C(C(=NOC(C)(C)C)CC1N(Cc1ccc(F)cc1)C(=O)CCCCCCCCCCC)C32. The second-order valence-electron chi connectivity index (χ2n) is 20.4. The standard InChI is InChI=1S/C58H80FN3O8/c1-6-8-9-10-11-12-13-14-18-27-53(65)62(41-43-28-30-45(59)31-29-43)52-39-50(61-70-57(3,4)5)48-37-44(25-19-21-34-63)47(26-20-22-35-64)54-49-38-46(68-56(66)60-40-42-23-16-15-17-24-42)32-33-51(49)69-58(52,55(48)54)67-36-7-2/h7,15-17,23-24,28-33,37-38,44,47,52,54-55,63-64H,2,6,8-14,18-22,25-27,34-36,39-41H2,1,3-5H3,(H,60,66). The number of oxime groups is 1. The molecule has 12 heteroatoms. The number of amides is 2. The van der Waals surface area contributed by atoms with Crippen LogP contribution in [0.1, 0.15) is 159 Å². The Morgan fingerprint density at radius 3 is 2.24 bits per heavy atom. The lowest BCUT2D eigenvalue weighted by molar-refractivity contribution is -0.258. The molecule has 1 fully saturated rings. The third kappa shape index (κ3) is 14.8. The summed E-state index contributed by atoms with van der Waals surface area (Å²) in [6.45, 7) is 12.9. The lowest BCUT2D eigenvalue weighted by Crippen LogP contribution is -2.70. The minimum absolute atomic E-state index is 0.0169. The number of fused-ring (bicyclic) bond motifs is 2. The Kier molecular flexibility index (Phi) is 20.9. The summed E-state index contributed by atoms with van der Waals surface area (Å²) in [5, 5.41) is 27.9. The first-order chi connectivity index (χ1) is 33.9. The van der Waals surface area contributed by atoms with E-state index in [2.05, 4.69) is 24.9 Å². The predicted octanol–water partition coefficient (Wildman–Crippen LogP) is 12.5. The third-order valence-electron chi connectivity index (χ3n) is 14.0. The highest BCUT2D eigenvalue weighted by atomic mass is 19.1. The van der Waals surface area contributed by atoms with Crippen LogP contribution in [0.15, 0.2) is 102 Å². The molecule has 3 aliphatic rings. The van der Waals surface area contributed by atoms with Crippen LogP contribution < -0.4 is 14.8 Å². The number of benzene rings is 3. The van der Waals surface area contributed by atoms with Gasteiger partial charge in [0.1, 0.15) is 29.0 Å². The summed E-state index contributed by atoms with van der Waals surface area (Å²) >= 11 is 0. The Hall–Kier alpha value is -5.04. The number of rotatable bonds is 28. The fourth-order valence-corrected chi connectivity index (χ4v) is 10.7. The van der Waals surface area contributed by atoms with Crippen molar-refractivity contribution >= 4 is 17.7 Å². The molecule has 0 spiro atoms. The van der Waals surface area contributed by atoms with Gasteiger partial charge in [0, 0.05) is 50.6 Å². The van der Waals surface area contributed by atoms with Crippen LogP contribution in [-0.2, 0) is 27.5 Å². The molecule has 1 saturated carbocycles. The molecule has 6 rings (SSSR count). The second kappa shape index (κ2) is 27.0. The van der Waals surface area contributed by atoms with E-state index in [0.29, 0.717) is 43.0 Å². The number of aliphatic hydroxyl groups excluding tert-OH is 2. The van der Waals surface area contributed by atoms with Gasteiger partial charge in [-0.1, -0.05) is 131 Å². The molecular formula is C58H80FN3O8. The molecule has 6 unspecified atom stereocenters. The van der Waals surface area contributed by atoms with Gasteiger partial charge < -0.3 is 39.5 Å². The van der Waals surface area contributed by atoms with Crippen LogP contribution in [-0.4, -0.2) is 70.1 Å². The van der Waals surface area contributed by atoms with E-state index in [-0.39, 0.29) is 62.3 Å². The van der Waals surface area contributed by atoms with Crippen molar-refractivity contribution in [2.45, 2.75) is 173 Å². The number of carbonyl (C=O) groups excluding carboxylic acids is 2. The van der Waals surface area contributed by atoms with E-state index < -0.39 is 29.4 Å². The minimum Gasteiger partial charge on any atom is -0.459 e. The summed E-state index contributed by atoms with van der Waals surface area (Å²) in [7, 11) is 0. The number of halogens is 1. The highest BCUT2D eigenvalue weighted by Crippen LogP contribution is 2.62. The molecular weight excluding hydrogens is 886 g/mol. The molecule has 0 bridgehead atoms. The lowest BCUT2D eigenvalue weighted by Gasteiger charge is -2.60. The zero-order valence-corrected chi connectivity index (χ0v) is 42.3. The van der Waals surface area contributed by atoms with Gasteiger partial charge in [-0.25, -0.2) is 9.18 Å². The van der Waals surface area contributed by atoms with E-state index in [1.807, 2.05) is 68.1 Å². The average molecular weight is 966 g/mol. The number of nitrogens with one attached hydrogen (secondary N) is 1. The van der Waals surface area contributed by atoms with Crippen molar-refractivity contribution in [3.05, 3.63) is 120 Å². The molecule has 3 aromatic carbocycles. The summed E-state index contributed by atoms with van der Waals surface area (Å²) in [5.41, 5.74) is 3.50. The maximum atomic E-state index is 15.2. The van der Waals surface area contributed by atoms with Crippen molar-refractivity contribution in [3.63, 3.8) is 0 Å². The molecule has 1 heterocycles. The molecule has 382 valence electrons. The molecule has 70 heavy (non-hydrogen) atoms.